The number of halogens is 1. The Morgan fingerprint density at radius 1 is 1.25 bits per heavy atom. The third-order valence-corrected chi connectivity index (χ3v) is 3.77. The van der Waals surface area contributed by atoms with Crippen LogP contribution in [0, 0.1) is 11.8 Å². The van der Waals surface area contributed by atoms with Crippen LogP contribution in [0.2, 0.25) is 0 Å². The fourth-order valence-electron chi connectivity index (χ4n) is 2.38. The molecule has 2 unspecified atom stereocenters. The van der Waals surface area contributed by atoms with Gasteiger partial charge in [-0.3, -0.25) is 4.98 Å². The summed E-state index contributed by atoms with van der Waals surface area (Å²) in [5, 5.41) is 3.35. The predicted molar refractivity (Wildman–Crippen MR) is 66.7 cm³/mol. The lowest BCUT2D eigenvalue weighted by molar-refractivity contribution is 0.272. The zero-order valence-electron chi connectivity index (χ0n) is 9.40. The molecule has 0 amide bonds. The zero-order chi connectivity index (χ0) is 11.2. The maximum atomic E-state index is 6.00. The van der Waals surface area contributed by atoms with E-state index in [1.54, 1.807) is 18.6 Å². The highest BCUT2D eigenvalue weighted by atomic mass is 35.5. The summed E-state index contributed by atoms with van der Waals surface area (Å²) in [6, 6.07) is 0. The van der Waals surface area contributed by atoms with Crippen LogP contribution in [0.25, 0.3) is 0 Å². The van der Waals surface area contributed by atoms with Crippen LogP contribution in [0.4, 0.5) is 5.82 Å². The van der Waals surface area contributed by atoms with E-state index in [4.69, 9.17) is 11.6 Å². The predicted octanol–water partition coefficient (Wildman–Crippen LogP) is 2.93. The van der Waals surface area contributed by atoms with Gasteiger partial charge in [0.25, 0.3) is 0 Å². The molecule has 2 atom stereocenters. The first-order valence-corrected chi connectivity index (χ1v) is 6.49. The van der Waals surface area contributed by atoms with Gasteiger partial charge in [-0.05, 0) is 24.7 Å². The highest BCUT2D eigenvalue weighted by Gasteiger charge is 2.23. The van der Waals surface area contributed by atoms with Crippen LogP contribution >= 0.6 is 11.6 Å². The SMILES string of the molecule is ClCC1CCCCC1CNc1cnccn1. The number of anilines is 1. The van der Waals surface area contributed by atoms with Gasteiger partial charge in [0.05, 0.1) is 6.20 Å². The maximum absolute atomic E-state index is 6.00. The second-order valence-corrected chi connectivity index (χ2v) is 4.74. The zero-order valence-corrected chi connectivity index (χ0v) is 10.2. The molecule has 1 fully saturated rings. The highest BCUT2D eigenvalue weighted by Crippen LogP contribution is 2.30. The Morgan fingerprint density at radius 2 is 2.06 bits per heavy atom. The Hall–Kier alpha value is -0.830. The number of nitrogens with one attached hydrogen (secondary N) is 1. The topological polar surface area (TPSA) is 37.8 Å². The Bertz CT molecular complexity index is 304. The van der Waals surface area contributed by atoms with Crippen LogP contribution in [-0.2, 0) is 0 Å². The molecule has 88 valence electrons. The molecule has 1 saturated carbocycles. The number of hydrogen-bond acceptors (Lipinski definition) is 3. The summed E-state index contributed by atoms with van der Waals surface area (Å²) in [7, 11) is 0. The molecule has 3 nitrogen and oxygen atoms in total. The van der Waals surface area contributed by atoms with Crippen molar-refractivity contribution in [2.45, 2.75) is 25.7 Å². The molecule has 1 aliphatic carbocycles. The summed E-state index contributed by atoms with van der Waals surface area (Å²) in [5.74, 6) is 3.00. The van der Waals surface area contributed by atoms with Gasteiger partial charge in [0.1, 0.15) is 5.82 Å². The number of aromatic nitrogens is 2. The second-order valence-electron chi connectivity index (χ2n) is 4.43. The molecule has 1 heterocycles. The summed E-state index contributed by atoms with van der Waals surface area (Å²) in [6.45, 7) is 0.968. The molecular formula is C12H18ClN3. The van der Waals surface area contributed by atoms with Crippen molar-refractivity contribution in [2.24, 2.45) is 11.8 Å². The molecule has 1 aliphatic rings. The third kappa shape index (κ3) is 3.08. The Kier molecular flexibility index (Phi) is 4.40. The van der Waals surface area contributed by atoms with Gasteiger partial charge in [-0.2, -0.15) is 0 Å². The van der Waals surface area contributed by atoms with Crippen LogP contribution in [0.3, 0.4) is 0 Å². The standard InChI is InChI=1S/C12H18ClN3/c13-7-10-3-1-2-4-11(10)8-16-12-9-14-5-6-15-12/h5-6,9-11H,1-4,7-8H2,(H,15,16). The minimum Gasteiger partial charge on any atom is -0.369 e. The maximum Gasteiger partial charge on any atom is 0.144 e. The quantitative estimate of drug-likeness (QED) is 0.821. The molecule has 16 heavy (non-hydrogen) atoms. The molecule has 0 bridgehead atoms. The fourth-order valence-corrected chi connectivity index (χ4v) is 2.79. The van der Waals surface area contributed by atoms with E-state index in [1.807, 2.05) is 0 Å². The Labute approximate surface area is 102 Å². The number of hydrogen-bond donors (Lipinski definition) is 1. The van der Waals surface area contributed by atoms with Crippen LogP contribution in [0.1, 0.15) is 25.7 Å². The van der Waals surface area contributed by atoms with E-state index in [0.29, 0.717) is 11.8 Å². The van der Waals surface area contributed by atoms with Crippen LogP contribution in [0.15, 0.2) is 18.6 Å². The lowest BCUT2D eigenvalue weighted by Crippen LogP contribution is -2.27. The number of rotatable bonds is 4. The third-order valence-electron chi connectivity index (χ3n) is 3.37. The molecule has 4 heteroatoms. The van der Waals surface area contributed by atoms with Crippen molar-refractivity contribution >= 4 is 17.4 Å². The fraction of sp³-hybridized carbons (Fsp3) is 0.667. The first-order chi connectivity index (χ1) is 7.90. The number of nitrogens with zero attached hydrogens (tertiary/aromatic N) is 2. The highest BCUT2D eigenvalue weighted by molar-refractivity contribution is 6.18. The molecule has 2 rings (SSSR count). The summed E-state index contributed by atoms with van der Waals surface area (Å²) in [6.07, 6.45) is 10.4. The molecule has 0 aromatic carbocycles. The first-order valence-electron chi connectivity index (χ1n) is 5.96. The van der Waals surface area contributed by atoms with Gasteiger partial charge < -0.3 is 5.32 Å². The largest absolute Gasteiger partial charge is 0.369 e. The molecule has 0 aliphatic heterocycles. The Morgan fingerprint density at radius 3 is 2.75 bits per heavy atom. The van der Waals surface area contributed by atoms with E-state index >= 15 is 0 Å². The van der Waals surface area contributed by atoms with Crippen LogP contribution in [0.5, 0.6) is 0 Å². The normalized spacial score (nSPS) is 25.3. The minimum absolute atomic E-state index is 0.666. The van der Waals surface area contributed by atoms with Gasteiger partial charge in [0, 0.05) is 24.8 Å². The molecule has 0 spiro atoms. The van der Waals surface area contributed by atoms with Gasteiger partial charge in [0.2, 0.25) is 0 Å². The summed E-state index contributed by atoms with van der Waals surface area (Å²) >= 11 is 6.00. The second kappa shape index (κ2) is 6.04. The van der Waals surface area contributed by atoms with Crippen molar-refractivity contribution < 1.29 is 0 Å². The molecule has 1 aromatic rings. The van der Waals surface area contributed by atoms with E-state index < -0.39 is 0 Å². The monoisotopic (exact) mass is 239 g/mol. The molecule has 0 radical (unpaired) electrons. The van der Waals surface area contributed by atoms with E-state index in [1.165, 1.54) is 25.7 Å². The summed E-state index contributed by atoms with van der Waals surface area (Å²) < 4.78 is 0. The lowest BCUT2D eigenvalue weighted by Gasteiger charge is -2.30. The summed E-state index contributed by atoms with van der Waals surface area (Å²) in [4.78, 5) is 8.24. The van der Waals surface area contributed by atoms with Crippen molar-refractivity contribution in [2.75, 3.05) is 17.7 Å². The van der Waals surface area contributed by atoms with Gasteiger partial charge in [0.15, 0.2) is 0 Å². The minimum atomic E-state index is 0.666. The first kappa shape index (κ1) is 11.6. The van der Waals surface area contributed by atoms with Crippen molar-refractivity contribution in [1.82, 2.24) is 9.97 Å². The van der Waals surface area contributed by atoms with Crippen molar-refractivity contribution in [1.29, 1.82) is 0 Å². The van der Waals surface area contributed by atoms with Crippen molar-refractivity contribution in [3.05, 3.63) is 18.6 Å². The van der Waals surface area contributed by atoms with Crippen LogP contribution in [-0.4, -0.2) is 22.4 Å². The smallest absolute Gasteiger partial charge is 0.144 e. The van der Waals surface area contributed by atoms with E-state index in [0.717, 1.165) is 18.2 Å². The van der Waals surface area contributed by atoms with Gasteiger partial charge >= 0.3 is 0 Å². The average molecular weight is 240 g/mol. The van der Waals surface area contributed by atoms with E-state index in [2.05, 4.69) is 15.3 Å². The number of alkyl halides is 1. The molecule has 0 saturated heterocycles. The van der Waals surface area contributed by atoms with Gasteiger partial charge in [-0.15, -0.1) is 11.6 Å². The molecule has 1 N–H and O–H groups in total. The molecular weight excluding hydrogens is 222 g/mol. The van der Waals surface area contributed by atoms with Crippen LogP contribution < -0.4 is 5.32 Å². The summed E-state index contributed by atoms with van der Waals surface area (Å²) in [5.41, 5.74) is 0. The van der Waals surface area contributed by atoms with Gasteiger partial charge in [-0.1, -0.05) is 12.8 Å². The molecule has 1 aromatic heterocycles. The average Bonchev–Trinajstić information content (AvgIpc) is 2.38. The van der Waals surface area contributed by atoms with Gasteiger partial charge in [-0.25, -0.2) is 4.98 Å². The van der Waals surface area contributed by atoms with E-state index in [-0.39, 0.29) is 0 Å². The van der Waals surface area contributed by atoms with Crippen molar-refractivity contribution in [3.63, 3.8) is 0 Å². The Balaban J connectivity index is 1.84. The lowest BCUT2D eigenvalue weighted by atomic mass is 9.80. The van der Waals surface area contributed by atoms with Crippen molar-refractivity contribution in [3.8, 4) is 0 Å². The van der Waals surface area contributed by atoms with E-state index in [9.17, 15) is 0 Å².